The molecule has 16 heavy (non-hydrogen) atoms. The van der Waals surface area contributed by atoms with Crippen molar-refractivity contribution in [3.63, 3.8) is 0 Å². The number of rotatable bonds is 6. The second-order valence-electron chi connectivity index (χ2n) is 3.43. The van der Waals surface area contributed by atoms with E-state index in [1.54, 1.807) is 17.4 Å². The Kier molecular flexibility index (Phi) is 5.22. The van der Waals surface area contributed by atoms with Crippen molar-refractivity contribution in [1.29, 1.82) is 0 Å². The number of thiophene rings is 1. The fraction of sp³-hybridized carbons (Fsp3) is 0.417. The number of carbonyl (C=O) groups is 1. The fourth-order valence-electron chi connectivity index (χ4n) is 1.44. The van der Waals surface area contributed by atoms with Crippen molar-refractivity contribution >= 4 is 23.4 Å². The van der Waals surface area contributed by atoms with E-state index < -0.39 is 5.97 Å². The topological polar surface area (TPSA) is 40.5 Å². The summed E-state index contributed by atoms with van der Waals surface area (Å²) >= 11 is 1.67. The Morgan fingerprint density at radius 2 is 2.19 bits per heavy atom. The van der Waals surface area contributed by atoms with Gasteiger partial charge in [-0.25, -0.2) is 4.79 Å². The third-order valence-electron chi connectivity index (χ3n) is 2.45. The van der Waals surface area contributed by atoms with Crippen LogP contribution in [0.25, 0.3) is 6.08 Å². The molecular formula is C12H17NO2S. The zero-order chi connectivity index (χ0) is 12.0. The van der Waals surface area contributed by atoms with E-state index in [0.717, 1.165) is 25.2 Å². The minimum Gasteiger partial charge on any atom is -0.478 e. The molecule has 0 atom stereocenters. The van der Waals surface area contributed by atoms with E-state index in [1.807, 2.05) is 11.4 Å². The van der Waals surface area contributed by atoms with Crippen LogP contribution in [0.5, 0.6) is 0 Å². The van der Waals surface area contributed by atoms with Crippen molar-refractivity contribution < 1.29 is 9.90 Å². The molecule has 0 fully saturated rings. The molecular weight excluding hydrogens is 222 g/mol. The Balaban J connectivity index is 2.74. The van der Waals surface area contributed by atoms with Crippen molar-refractivity contribution in [3.05, 3.63) is 28.0 Å². The smallest absolute Gasteiger partial charge is 0.328 e. The lowest BCUT2D eigenvalue weighted by molar-refractivity contribution is -0.131. The van der Waals surface area contributed by atoms with E-state index in [-0.39, 0.29) is 0 Å². The van der Waals surface area contributed by atoms with Crippen LogP contribution in [0, 0.1) is 0 Å². The van der Waals surface area contributed by atoms with Gasteiger partial charge in [-0.05, 0) is 36.2 Å². The van der Waals surface area contributed by atoms with Gasteiger partial charge >= 0.3 is 5.97 Å². The first-order chi connectivity index (χ1) is 7.67. The van der Waals surface area contributed by atoms with Crippen LogP contribution in [0.4, 0.5) is 0 Å². The molecule has 0 aliphatic heterocycles. The van der Waals surface area contributed by atoms with E-state index >= 15 is 0 Å². The first kappa shape index (κ1) is 12.9. The van der Waals surface area contributed by atoms with Gasteiger partial charge in [0.15, 0.2) is 0 Å². The van der Waals surface area contributed by atoms with Crippen LogP contribution in [0.15, 0.2) is 17.5 Å². The largest absolute Gasteiger partial charge is 0.478 e. The van der Waals surface area contributed by atoms with Crippen LogP contribution in [-0.4, -0.2) is 29.1 Å². The summed E-state index contributed by atoms with van der Waals surface area (Å²) in [5, 5.41) is 10.6. The van der Waals surface area contributed by atoms with Gasteiger partial charge in [-0.15, -0.1) is 11.3 Å². The Morgan fingerprint density at radius 1 is 1.50 bits per heavy atom. The van der Waals surface area contributed by atoms with E-state index in [1.165, 1.54) is 11.0 Å². The molecule has 1 heterocycles. The fourth-order valence-corrected chi connectivity index (χ4v) is 2.35. The van der Waals surface area contributed by atoms with Crippen LogP contribution in [0.3, 0.4) is 0 Å². The molecule has 0 aromatic carbocycles. The average molecular weight is 239 g/mol. The summed E-state index contributed by atoms with van der Waals surface area (Å²) in [4.78, 5) is 14.0. The van der Waals surface area contributed by atoms with Crippen LogP contribution in [0.1, 0.15) is 24.3 Å². The van der Waals surface area contributed by atoms with Crippen LogP contribution >= 0.6 is 11.3 Å². The predicted molar refractivity (Wildman–Crippen MR) is 67.6 cm³/mol. The summed E-state index contributed by atoms with van der Waals surface area (Å²) in [6.07, 6.45) is 2.85. The zero-order valence-electron chi connectivity index (χ0n) is 9.64. The molecule has 0 radical (unpaired) electrons. The highest BCUT2D eigenvalue weighted by atomic mass is 32.1. The van der Waals surface area contributed by atoms with Gasteiger partial charge in [0.2, 0.25) is 0 Å². The molecule has 0 aliphatic carbocycles. The standard InChI is InChI=1S/C12H17NO2S/c1-3-13(4-2)9-11-10(7-8-16-11)5-6-12(14)15/h5-8H,3-4,9H2,1-2H3,(H,14,15). The molecule has 1 aromatic heterocycles. The SMILES string of the molecule is CCN(CC)Cc1sccc1C=CC(=O)O. The van der Waals surface area contributed by atoms with Crippen molar-refractivity contribution in [2.24, 2.45) is 0 Å². The summed E-state index contributed by atoms with van der Waals surface area (Å²) in [5.41, 5.74) is 1.01. The Hall–Kier alpha value is -1.13. The molecule has 3 nitrogen and oxygen atoms in total. The number of carboxylic acids is 1. The Bertz CT molecular complexity index is 367. The molecule has 4 heteroatoms. The third-order valence-corrected chi connectivity index (χ3v) is 3.37. The molecule has 88 valence electrons. The van der Waals surface area contributed by atoms with Gasteiger partial charge in [0.1, 0.15) is 0 Å². The number of aliphatic carboxylic acids is 1. The van der Waals surface area contributed by atoms with Crippen molar-refractivity contribution in [3.8, 4) is 0 Å². The molecule has 1 rings (SSSR count). The summed E-state index contributed by atoms with van der Waals surface area (Å²) in [6, 6.07) is 1.96. The van der Waals surface area contributed by atoms with Crippen molar-refractivity contribution in [2.75, 3.05) is 13.1 Å². The quantitative estimate of drug-likeness (QED) is 0.776. The van der Waals surface area contributed by atoms with Gasteiger partial charge in [-0.2, -0.15) is 0 Å². The van der Waals surface area contributed by atoms with Gasteiger partial charge in [0.25, 0.3) is 0 Å². The number of carboxylic acid groups (broad SMARTS) is 1. The Labute approximate surface area is 100 Å². The number of nitrogens with zero attached hydrogens (tertiary/aromatic N) is 1. The normalized spacial score (nSPS) is 11.4. The Morgan fingerprint density at radius 3 is 2.75 bits per heavy atom. The summed E-state index contributed by atoms with van der Waals surface area (Å²) in [5.74, 6) is -0.903. The highest BCUT2D eigenvalue weighted by Gasteiger charge is 2.06. The minimum absolute atomic E-state index is 0.893. The second kappa shape index (κ2) is 6.45. The maximum atomic E-state index is 10.4. The maximum Gasteiger partial charge on any atom is 0.328 e. The minimum atomic E-state index is -0.903. The molecule has 0 saturated carbocycles. The number of hydrogen-bond donors (Lipinski definition) is 1. The van der Waals surface area contributed by atoms with E-state index in [0.29, 0.717) is 0 Å². The monoisotopic (exact) mass is 239 g/mol. The zero-order valence-corrected chi connectivity index (χ0v) is 10.5. The van der Waals surface area contributed by atoms with Gasteiger partial charge < -0.3 is 5.11 Å². The molecule has 0 aliphatic rings. The third kappa shape index (κ3) is 3.79. The highest BCUT2D eigenvalue weighted by Crippen LogP contribution is 2.20. The molecule has 0 amide bonds. The van der Waals surface area contributed by atoms with Gasteiger partial charge in [0.05, 0.1) is 0 Å². The van der Waals surface area contributed by atoms with Gasteiger partial charge in [-0.1, -0.05) is 13.8 Å². The lowest BCUT2D eigenvalue weighted by Gasteiger charge is -2.17. The van der Waals surface area contributed by atoms with Crippen LogP contribution in [0.2, 0.25) is 0 Å². The molecule has 1 N–H and O–H groups in total. The van der Waals surface area contributed by atoms with Crippen LogP contribution < -0.4 is 0 Å². The second-order valence-corrected chi connectivity index (χ2v) is 4.43. The van der Waals surface area contributed by atoms with Gasteiger partial charge in [0, 0.05) is 17.5 Å². The molecule has 0 saturated heterocycles. The predicted octanol–water partition coefficient (Wildman–Crippen LogP) is 2.69. The van der Waals surface area contributed by atoms with E-state index in [4.69, 9.17) is 5.11 Å². The molecule has 0 bridgehead atoms. The van der Waals surface area contributed by atoms with Crippen LogP contribution in [-0.2, 0) is 11.3 Å². The average Bonchev–Trinajstić information content (AvgIpc) is 2.70. The van der Waals surface area contributed by atoms with Gasteiger partial charge in [-0.3, -0.25) is 4.90 Å². The summed E-state index contributed by atoms with van der Waals surface area (Å²) in [7, 11) is 0. The first-order valence-electron chi connectivity index (χ1n) is 5.37. The molecule has 0 spiro atoms. The first-order valence-corrected chi connectivity index (χ1v) is 6.25. The lowest BCUT2D eigenvalue weighted by Crippen LogP contribution is -2.21. The number of hydrogen-bond acceptors (Lipinski definition) is 3. The maximum absolute atomic E-state index is 10.4. The summed E-state index contributed by atoms with van der Waals surface area (Å²) in [6.45, 7) is 7.17. The lowest BCUT2D eigenvalue weighted by atomic mass is 10.2. The van der Waals surface area contributed by atoms with Crippen molar-refractivity contribution in [2.45, 2.75) is 20.4 Å². The molecule has 0 unspecified atom stereocenters. The summed E-state index contributed by atoms with van der Waals surface area (Å²) < 4.78 is 0. The highest BCUT2D eigenvalue weighted by molar-refractivity contribution is 7.10. The molecule has 1 aromatic rings. The van der Waals surface area contributed by atoms with Crippen molar-refractivity contribution in [1.82, 2.24) is 4.90 Å². The van der Waals surface area contributed by atoms with E-state index in [9.17, 15) is 4.79 Å². The van der Waals surface area contributed by atoms with E-state index in [2.05, 4.69) is 18.7 Å².